The van der Waals surface area contributed by atoms with Crippen molar-refractivity contribution in [2.24, 2.45) is 0 Å². The lowest BCUT2D eigenvalue weighted by molar-refractivity contribution is 0.474. The molecule has 0 aliphatic heterocycles. The summed E-state index contributed by atoms with van der Waals surface area (Å²) in [5, 5.41) is 19.7. The Bertz CT molecular complexity index is 1210. The van der Waals surface area contributed by atoms with Gasteiger partial charge in [0.1, 0.15) is 17.3 Å². The van der Waals surface area contributed by atoms with Crippen molar-refractivity contribution < 1.29 is 10.2 Å². The average molecular weight is 356 g/mol. The lowest BCUT2D eigenvalue weighted by Gasteiger charge is -2.11. The molecule has 4 aromatic rings. The third-order valence-corrected chi connectivity index (χ3v) is 4.21. The Morgan fingerprint density at radius 1 is 0.815 bits per heavy atom. The predicted octanol–water partition coefficient (Wildman–Crippen LogP) is 3.97. The van der Waals surface area contributed by atoms with Gasteiger partial charge >= 0.3 is 0 Å². The summed E-state index contributed by atoms with van der Waals surface area (Å²) < 4.78 is 1.47. The molecule has 0 spiro atoms. The Morgan fingerprint density at radius 2 is 1.59 bits per heavy atom. The number of nitrogens with zero attached hydrogens (tertiary/aromatic N) is 2. The molecule has 5 heteroatoms. The van der Waals surface area contributed by atoms with Gasteiger partial charge in [0.25, 0.3) is 5.56 Å². The first kappa shape index (κ1) is 16.6. The minimum atomic E-state index is -0.212. The zero-order valence-electron chi connectivity index (χ0n) is 14.3. The van der Waals surface area contributed by atoms with Crippen LogP contribution in [0.2, 0.25) is 0 Å². The summed E-state index contributed by atoms with van der Waals surface area (Å²) in [7, 11) is 0. The largest absolute Gasteiger partial charge is 0.508 e. The molecule has 0 amide bonds. The second-order valence-electron chi connectivity index (χ2n) is 6.07. The number of aromatic hydroxyl groups is 2. The van der Waals surface area contributed by atoms with E-state index in [4.69, 9.17) is 0 Å². The first-order chi connectivity index (χ1) is 13.1. The number of benzene rings is 3. The molecule has 5 nitrogen and oxygen atoms in total. The second kappa shape index (κ2) is 6.80. The molecule has 132 valence electrons. The minimum absolute atomic E-state index is 0.0704. The topological polar surface area (TPSA) is 75.3 Å². The van der Waals surface area contributed by atoms with Crippen LogP contribution in [-0.2, 0) is 0 Å². The number of fused-ring (bicyclic) bond motifs is 1. The third-order valence-electron chi connectivity index (χ3n) is 4.21. The predicted molar refractivity (Wildman–Crippen MR) is 106 cm³/mol. The normalized spacial score (nSPS) is 11.3. The molecule has 0 saturated carbocycles. The van der Waals surface area contributed by atoms with Crippen LogP contribution in [0.5, 0.6) is 11.5 Å². The Kier molecular flexibility index (Phi) is 4.18. The van der Waals surface area contributed by atoms with Gasteiger partial charge in [0.05, 0.1) is 16.6 Å². The Labute approximate surface area is 155 Å². The van der Waals surface area contributed by atoms with Gasteiger partial charge in [0, 0.05) is 6.07 Å². The van der Waals surface area contributed by atoms with Crippen LogP contribution in [0.1, 0.15) is 11.4 Å². The third kappa shape index (κ3) is 3.30. The first-order valence-electron chi connectivity index (χ1n) is 8.40. The molecule has 0 fully saturated rings. The molecule has 0 saturated heterocycles. The summed E-state index contributed by atoms with van der Waals surface area (Å²) in [6, 6.07) is 20.4. The molecule has 0 aliphatic carbocycles. The number of para-hydroxylation sites is 1. The van der Waals surface area contributed by atoms with Gasteiger partial charge in [-0.1, -0.05) is 36.4 Å². The van der Waals surface area contributed by atoms with Crippen molar-refractivity contribution in [2.75, 3.05) is 0 Å². The zero-order valence-corrected chi connectivity index (χ0v) is 14.3. The van der Waals surface area contributed by atoms with Crippen LogP contribution in [0.4, 0.5) is 0 Å². The molecule has 1 aromatic heterocycles. The number of hydrogen-bond acceptors (Lipinski definition) is 4. The standard InChI is InChI=1S/C22H16N2O3/c25-17-11-8-15(9-12-17)10-13-21-23-20-7-2-1-6-19(20)22(27)24(21)16-4-3-5-18(26)14-16/h1-14,25-26H/b13-10+. The molecule has 2 N–H and O–H groups in total. The summed E-state index contributed by atoms with van der Waals surface area (Å²) in [6.45, 7) is 0. The van der Waals surface area contributed by atoms with Crippen molar-refractivity contribution in [1.82, 2.24) is 9.55 Å². The molecule has 0 radical (unpaired) electrons. The highest BCUT2D eigenvalue weighted by Crippen LogP contribution is 2.19. The number of hydrogen-bond donors (Lipinski definition) is 2. The van der Waals surface area contributed by atoms with E-state index in [2.05, 4.69) is 4.98 Å². The van der Waals surface area contributed by atoms with E-state index in [-0.39, 0.29) is 17.1 Å². The van der Waals surface area contributed by atoms with Crippen LogP contribution >= 0.6 is 0 Å². The molecular weight excluding hydrogens is 340 g/mol. The van der Waals surface area contributed by atoms with E-state index in [0.717, 1.165) is 5.56 Å². The molecule has 0 unspecified atom stereocenters. The second-order valence-corrected chi connectivity index (χ2v) is 6.07. The fraction of sp³-hybridized carbons (Fsp3) is 0. The summed E-state index contributed by atoms with van der Waals surface area (Å²) in [6.07, 6.45) is 3.56. The van der Waals surface area contributed by atoms with E-state index >= 15 is 0 Å². The maximum Gasteiger partial charge on any atom is 0.266 e. The van der Waals surface area contributed by atoms with E-state index in [1.165, 1.54) is 10.6 Å². The van der Waals surface area contributed by atoms with Crippen LogP contribution in [0.25, 0.3) is 28.7 Å². The first-order valence-corrected chi connectivity index (χ1v) is 8.40. The smallest absolute Gasteiger partial charge is 0.266 e. The van der Waals surface area contributed by atoms with Gasteiger partial charge in [-0.3, -0.25) is 9.36 Å². The summed E-state index contributed by atoms with van der Waals surface area (Å²) >= 11 is 0. The van der Waals surface area contributed by atoms with Crippen molar-refractivity contribution in [3.05, 3.63) is 94.5 Å². The van der Waals surface area contributed by atoms with E-state index in [9.17, 15) is 15.0 Å². The van der Waals surface area contributed by atoms with Gasteiger partial charge in [0.15, 0.2) is 0 Å². The summed E-state index contributed by atoms with van der Waals surface area (Å²) in [4.78, 5) is 17.7. The maximum absolute atomic E-state index is 13.1. The highest BCUT2D eigenvalue weighted by Gasteiger charge is 2.11. The van der Waals surface area contributed by atoms with Crippen molar-refractivity contribution in [3.63, 3.8) is 0 Å². The monoisotopic (exact) mass is 356 g/mol. The fourth-order valence-electron chi connectivity index (χ4n) is 2.90. The van der Waals surface area contributed by atoms with Crippen molar-refractivity contribution >= 4 is 23.1 Å². The lowest BCUT2D eigenvalue weighted by atomic mass is 10.2. The van der Waals surface area contributed by atoms with Crippen molar-refractivity contribution in [2.45, 2.75) is 0 Å². The van der Waals surface area contributed by atoms with Crippen LogP contribution in [-0.4, -0.2) is 19.8 Å². The fourth-order valence-corrected chi connectivity index (χ4v) is 2.90. The highest BCUT2D eigenvalue weighted by molar-refractivity contribution is 5.80. The Hall–Kier alpha value is -3.86. The van der Waals surface area contributed by atoms with Crippen LogP contribution < -0.4 is 5.56 Å². The molecule has 3 aromatic carbocycles. The lowest BCUT2D eigenvalue weighted by Crippen LogP contribution is -2.22. The molecule has 0 aliphatic rings. The van der Waals surface area contributed by atoms with Gasteiger partial charge in [-0.05, 0) is 48.0 Å². The van der Waals surface area contributed by atoms with Crippen molar-refractivity contribution in [3.8, 4) is 17.2 Å². The van der Waals surface area contributed by atoms with Crippen LogP contribution in [0.3, 0.4) is 0 Å². The van der Waals surface area contributed by atoms with E-state index in [0.29, 0.717) is 22.4 Å². The SMILES string of the molecule is O=c1c2ccccc2nc(/C=C/c2ccc(O)cc2)n1-c1cccc(O)c1. The Balaban J connectivity index is 1.93. The quantitative estimate of drug-likeness (QED) is 0.582. The number of phenols is 2. The van der Waals surface area contributed by atoms with Gasteiger partial charge in [0.2, 0.25) is 0 Å². The van der Waals surface area contributed by atoms with Gasteiger partial charge in [-0.15, -0.1) is 0 Å². The van der Waals surface area contributed by atoms with Crippen molar-refractivity contribution in [1.29, 1.82) is 0 Å². The molecule has 0 bridgehead atoms. The van der Waals surface area contributed by atoms with E-state index < -0.39 is 0 Å². The van der Waals surface area contributed by atoms with Gasteiger partial charge in [-0.2, -0.15) is 0 Å². The van der Waals surface area contributed by atoms with Gasteiger partial charge < -0.3 is 10.2 Å². The van der Waals surface area contributed by atoms with Gasteiger partial charge in [-0.25, -0.2) is 4.98 Å². The maximum atomic E-state index is 13.1. The molecule has 0 atom stereocenters. The van der Waals surface area contributed by atoms with Crippen LogP contribution in [0.15, 0.2) is 77.6 Å². The number of rotatable bonds is 3. The number of aromatic nitrogens is 2. The van der Waals surface area contributed by atoms with E-state index in [1.807, 2.05) is 12.1 Å². The highest BCUT2D eigenvalue weighted by atomic mass is 16.3. The zero-order chi connectivity index (χ0) is 18.8. The van der Waals surface area contributed by atoms with Crippen LogP contribution in [0, 0.1) is 0 Å². The molecule has 4 rings (SSSR count). The summed E-state index contributed by atoms with van der Waals surface area (Å²) in [5.74, 6) is 0.700. The molecular formula is C22H16N2O3. The number of phenolic OH excluding ortho intramolecular Hbond substituents is 2. The summed E-state index contributed by atoms with van der Waals surface area (Å²) in [5.41, 5.74) is 1.78. The van der Waals surface area contributed by atoms with E-state index in [1.54, 1.807) is 66.7 Å². The average Bonchev–Trinajstić information content (AvgIpc) is 2.68. The Morgan fingerprint density at radius 3 is 2.37 bits per heavy atom. The molecule has 1 heterocycles. The minimum Gasteiger partial charge on any atom is -0.508 e. The molecule has 27 heavy (non-hydrogen) atoms.